The smallest absolute Gasteiger partial charge is 0.312 e. The zero-order valence-corrected chi connectivity index (χ0v) is 21.7. The van der Waals surface area contributed by atoms with E-state index >= 15 is 0 Å². The number of amides is 1. The Kier molecular flexibility index (Phi) is 7.60. The van der Waals surface area contributed by atoms with Gasteiger partial charge in [0.2, 0.25) is 11.7 Å². The van der Waals surface area contributed by atoms with E-state index in [1.54, 1.807) is 0 Å². The molecule has 1 aliphatic carbocycles. The van der Waals surface area contributed by atoms with Gasteiger partial charge in [-0.2, -0.15) is 8.78 Å². The Hall–Kier alpha value is -3.34. The molecule has 0 saturated heterocycles. The molecule has 0 unspecified atom stereocenters. The van der Waals surface area contributed by atoms with Gasteiger partial charge in [-0.05, 0) is 43.4 Å². The van der Waals surface area contributed by atoms with Crippen molar-refractivity contribution < 1.29 is 36.9 Å². The van der Waals surface area contributed by atoms with Gasteiger partial charge in [0.1, 0.15) is 5.82 Å². The van der Waals surface area contributed by atoms with E-state index in [-0.39, 0.29) is 47.3 Å². The van der Waals surface area contributed by atoms with Gasteiger partial charge >= 0.3 is 11.9 Å². The van der Waals surface area contributed by atoms with Crippen LogP contribution in [0, 0.1) is 11.2 Å². The van der Waals surface area contributed by atoms with Gasteiger partial charge in [-0.1, -0.05) is 42.7 Å². The number of rotatable bonds is 10. The van der Waals surface area contributed by atoms with E-state index in [1.807, 2.05) is 0 Å². The molecule has 38 heavy (non-hydrogen) atoms. The predicted octanol–water partition coefficient (Wildman–Crippen LogP) is 7.11. The molecular weight excluding hydrogens is 527 g/mol. The molecule has 0 bridgehead atoms. The van der Waals surface area contributed by atoms with Crippen LogP contribution in [-0.4, -0.2) is 27.3 Å². The largest absolute Gasteiger partial charge is 0.481 e. The predicted molar refractivity (Wildman–Crippen MR) is 132 cm³/mol. The highest BCUT2D eigenvalue weighted by Gasteiger charge is 2.49. The molecule has 0 aliphatic heterocycles. The summed E-state index contributed by atoms with van der Waals surface area (Å²) in [5.74, 6) is -6.54. The van der Waals surface area contributed by atoms with E-state index in [0.717, 1.165) is 31.0 Å². The number of aliphatic carboxylic acids is 1. The van der Waals surface area contributed by atoms with Crippen molar-refractivity contribution in [3.05, 3.63) is 52.1 Å². The van der Waals surface area contributed by atoms with E-state index < -0.39 is 40.7 Å². The molecular formula is C26H27ClF3N3O5. The molecule has 1 saturated carbocycles. The summed E-state index contributed by atoms with van der Waals surface area (Å²) in [6.07, 6.45) is 1.23. The van der Waals surface area contributed by atoms with Crippen LogP contribution in [0.5, 0.6) is 0 Å². The molecule has 2 N–H and O–H groups in total. The van der Waals surface area contributed by atoms with Crippen LogP contribution in [-0.2, 0) is 15.5 Å². The van der Waals surface area contributed by atoms with E-state index in [4.69, 9.17) is 20.6 Å². The van der Waals surface area contributed by atoms with E-state index in [9.17, 15) is 27.9 Å². The summed E-state index contributed by atoms with van der Waals surface area (Å²) in [6, 6.07) is 4.65. The third-order valence-corrected chi connectivity index (χ3v) is 6.78. The van der Waals surface area contributed by atoms with Crippen LogP contribution in [0.2, 0.25) is 5.02 Å². The van der Waals surface area contributed by atoms with Crippen LogP contribution in [0.25, 0.3) is 11.5 Å². The lowest BCUT2D eigenvalue weighted by Crippen LogP contribution is -2.30. The van der Waals surface area contributed by atoms with Crippen LogP contribution in [0.1, 0.15) is 81.7 Å². The maximum absolute atomic E-state index is 14.8. The van der Waals surface area contributed by atoms with E-state index in [0.29, 0.717) is 11.3 Å². The Bertz CT molecular complexity index is 1340. The van der Waals surface area contributed by atoms with Gasteiger partial charge in [-0.25, -0.2) is 4.39 Å². The number of carbonyl (C=O) groups excluding carboxylic acids is 1. The zero-order chi connectivity index (χ0) is 27.8. The first-order valence-corrected chi connectivity index (χ1v) is 12.5. The molecule has 12 heteroatoms. The fourth-order valence-electron chi connectivity index (χ4n) is 4.10. The van der Waals surface area contributed by atoms with Crippen molar-refractivity contribution in [1.82, 2.24) is 10.3 Å². The van der Waals surface area contributed by atoms with Crippen LogP contribution in [0.4, 0.5) is 18.9 Å². The van der Waals surface area contributed by atoms with Crippen molar-refractivity contribution >= 4 is 29.2 Å². The molecule has 4 rings (SSSR count). The highest BCUT2D eigenvalue weighted by Crippen LogP contribution is 2.50. The number of benzene rings is 1. The molecule has 1 atom stereocenters. The molecule has 1 amide bonds. The number of halogens is 4. The number of carbonyl (C=O) groups is 2. The first-order chi connectivity index (χ1) is 17.8. The minimum Gasteiger partial charge on any atom is -0.481 e. The monoisotopic (exact) mass is 553 g/mol. The SMILES string of the molecule is CC(C)(C)C(F)(F)c1cc(-c2onc([C@H](CCC(=O)O)CC(=O)Nc3ccc(F)cc3Cl)c2C2CC2)no1. The first kappa shape index (κ1) is 27.7. The highest BCUT2D eigenvalue weighted by molar-refractivity contribution is 6.33. The number of carboxylic acids is 1. The summed E-state index contributed by atoms with van der Waals surface area (Å²) in [6.45, 7) is 4.15. The van der Waals surface area contributed by atoms with E-state index in [1.165, 1.54) is 26.8 Å². The summed E-state index contributed by atoms with van der Waals surface area (Å²) in [4.78, 5) is 24.2. The van der Waals surface area contributed by atoms with Crippen LogP contribution < -0.4 is 5.32 Å². The number of hydrogen-bond acceptors (Lipinski definition) is 6. The third-order valence-electron chi connectivity index (χ3n) is 6.47. The standard InChI is InChI=1S/C26H27ClF3N3O5/c1-25(2,3)26(29,30)19-12-18(32-37-19)24-22(13-4-5-13)23(33-38-24)14(6-9-21(35)36)10-20(34)31-17-8-7-15(28)11-16(17)27/h7-8,11-14H,4-6,9-10H2,1-3H3,(H,31,34)(H,35,36)/t14-/m1/s1. The fourth-order valence-corrected chi connectivity index (χ4v) is 4.32. The molecule has 1 fully saturated rings. The molecule has 1 aromatic carbocycles. The van der Waals surface area contributed by atoms with Crippen molar-refractivity contribution in [2.24, 2.45) is 5.41 Å². The summed E-state index contributed by atoms with van der Waals surface area (Å²) in [5, 5.41) is 19.8. The fraction of sp³-hybridized carbons (Fsp3) is 0.462. The van der Waals surface area contributed by atoms with Gasteiger partial charge in [0, 0.05) is 35.8 Å². The molecule has 0 radical (unpaired) electrons. The maximum atomic E-state index is 14.8. The summed E-state index contributed by atoms with van der Waals surface area (Å²) in [5.41, 5.74) is -0.196. The number of nitrogens with one attached hydrogen (secondary N) is 1. The number of hydrogen-bond donors (Lipinski definition) is 2. The number of nitrogens with zero attached hydrogens (tertiary/aromatic N) is 2. The number of alkyl halides is 2. The second kappa shape index (κ2) is 10.4. The van der Waals surface area contributed by atoms with Crippen molar-refractivity contribution in [2.45, 2.75) is 70.6 Å². The third kappa shape index (κ3) is 5.87. The lowest BCUT2D eigenvalue weighted by atomic mass is 9.86. The summed E-state index contributed by atoms with van der Waals surface area (Å²) < 4.78 is 53.6. The van der Waals surface area contributed by atoms with Crippen LogP contribution in [0.3, 0.4) is 0 Å². The minimum atomic E-state index is -3.30. The Morgan fingerprint density at radius 2 is 1.89 bits per heavy atom. The van der Waals surface area contributed by atoms with Gasteiger partial charge in [-0.3, -0.25) is 9.59 Å². The average Bonchev–Trinajstić information content (AvgIpc) is 3.35. The average molecular weight is 554 g/mol. The number of anilines is 1. The molecule has 3 aromatic rings. The lowest BCUT2D eigenvalue weighted by Gasteiger charge is -2.27. The Morgan fingerprint density at radius 3 is 2.50 bits per heavy atom. The van der Waals surface area contributed by atoms with Crippen molar-refractivity contribution in [3.63, 3.8) is 0 Å². The summed E-state index contributed by atoms with van der Waals surface area (Å²) in [7, 11) is 0. The topological polar surface area (TPSA) is 118 Å². The Balaban J connectivity index is 1.64. The van der Waals surface area contributed by atoms with E-state index in [2.05, 4.69) is 15.6 Å². The Morgan fingerprint density at radius 1 is 1.18 bits per heavy atom. The van der Waals surface area contributed by atoms with Crippen molar-refractivity contribution in [1.29, 1.82) is 0 Å². The molecule has 8 nitrogen and oxygen atoms in total. The Labute approximate surface area is 221 Å². The molecule has 2 heterocycles. The lowest BCUT2D eigenvalue weighted by molar-refractivity contribution is -0.137. The number of aromatic nitrogens is 2. The highest BCUT2D eigenvalue weighted by atomic mass is 35.5. The van der Waals surface area contributed by atoms with Gasteiger partial charge in [-0.15, -0.1) is 0 Å². The van der Waals surface area contributed by atoms with Gasteiger partial charge in [0.25, 0.3) is 0 Å². The molecule has 204 valence electrons. The number of carboxylic acid groups (broad SMARTS) is 1. The normalized spacial score (nSPS) is 14.9. The minimum absolute atomic E-state index is 0.00328. The van der Waals surface area contributed by atoms with Crippen LogP contribution >= 0.6 is 11.6 Å². The molecule has 1 aliphatic rings. The second-order valence-electron chi connectivity index (χ2n) is 10.5. The van der Waals surface area contributed by atoms with Gasteiger partial charge < -0.3 is 19.5 Å². The van der Waals surface area contributed by atoms with Crippen molar-refractivity contribution in [3.8, 4) is 11.5 Å². The maximum Gasteiger partial charge on any atom is 0.312 e. The van der Waals surface area contributed by atoms with Gasteiger partial charge in [0.05, 0.1) is 16.4 Å². The summed E-state index contributed by atoms with van der Waals surface area (Å²) >= 11 is 6.01. The second-order valence-corrected chi connectivity index (χ2v) is 10.9. The van der Waals surface area contributed by atoms with Crippen LogP contribution in [0.15, 0.2) is 33.3 Å². The van der Waals surface area contributed by atoms with Gasteiger partial charge in [0.15, 0.2) is 11.5 Å². The zero-order valence-electron chi connectivity index (χ0n) is 21.0. The van der Waals surface area contributed by atoms with Crippen molar-refractivity contribution in [2.75, 3.05) is 5.32 Å². The molecule has 0 spiro atoms. The quantitative estimate of drug-likeness (QED) is 0.274. The first-order valence-electron chi connectivity index (χ1n) is 12.1. The molecule has 2 aromatic heterocycles.